The highest BCUT2D eigenvalue weighted by molar-refractivity contribution is 7.81. The smallest absolute Gasteiger partial charge is 0.217 e. The third-order valence-electron chi connectivity index (χ3n) is 3.20. The summed E-state index contributed by atoms with van der Waals surface area (Å²) in [6.45, 7) is 4.43. The summed E-state index contributed by atoms with van der Waals surface area (Å²) in [5, 5.41) is 15.6. The van der Waals surface area contributed by atoms with Crippen LogP contribution in [0.5, 0.6) is 11.8 Å². The second-order valence-corrected chi connectivity index (χ2v) is 7.65. The molecule has 0 saturated heterocycles. The normalized spacial score (nSPS) is 10.7. The molecule has 0 aromatic carbocycles. The van der Waals surface area contributed by atoms with Gasteiger partial charge in [-0.3, -0.25) is 0 Å². The number of thiophene rings is 1. The van der Waals surface area contributed by atoms with Crippen molar-refractivity contribution in [2.45, 2.75) is 26.4 Å². The zero-order valence-corrected chi connectivity index (χ0v) is 16.8. The Hall–Kier alpha value is -2.10. The van der Waals surface area contributed by atoms with Crippen LogP contribution in [-0.2, 0) is 6.42 Å². The molecule has 3 heterocycles. The van der Waals surface area contributed by atoms with Crippen molar-refractivity contribution in [2.75, 3.05) is 11.9 Å². The van der Waals surface area contributed by atoms with Crippen molar-refractivity contribution >= 4 is 45.0 Å². The van der Waals surface area contributed by atoms with Gasteiger partial charge in [0.25, 0.3) is 0 Å². The van der Waals surface area contributed by atoms with Crippen LogP contribution in [0.2, 0.25) is 0 Å². The summed E-state index contributed by atoms with van der Waals surface area (Å²) in [6.07, 6.45) is 0.824. The van der Waals surface area contributed by atoms with E-state index >= 15 is 0 Å². The second-order valence-electron chi connectivity index (χ2n) is 5.63. The average molecular weight is 407 g/mol. The fourth-order valence-corrected chi connectivity index (χ4v) is 3.52. The molecule has 0 aliphatic rings. The van der Waals surface area contributed by atoms with Crippen LogP contribution >= 0.6 is 34.9 Å². The van der Waals surface area contributed by atoms with Crippen molar-refractivity contribution in [3.05, 3.63) is 45.6 Å². The number of hydrogen-bond acceptors (Lipinski definition) is 8. The molecule has 9 heteroatoms. The van der Waals surface area contributed by atoms with Crippen LogP contribution in [0.25, 0.3) is 0 Å². The number of thiocarbonyl (C=S) groups is 1. The fraction of sp³-hybridized carbons (Fsp3) is 0.294. The van der Waals surface area contributed by atoms with E-state index in [9.17, 15) is 0 Å². The van der Waals surface area contributed by atoms with Gasteiger partial charge < -0.3 is 14.8 Å². The highest BCUT2D eigenvalue weighted by atomic mass is 32.1. The second kappa shape index (κ2) is 9.02. The summed E-state index contributed by atoms with van der Waals surface area (Å²) in [7, 11) is 0. The van der Waals surface area contributed by atoms with Crippen molar-refractivity contribution in [3.8, 4) is 11.8 Å². The molecule has 0 saturated carbocycles. The minimum atomic E-state index is 0.00102. The van der Waals surface area contributed by atoms with Gasteiger partial charge in [0.2, 0.25) is 16.9 Å². The van der Waals surface area contributed by atoms with Crippen LogP contribution in [0.15, 0.2) is 34.5 Å². The number of pyridine rings is 1. The first-order valence-electron chi connectivity index (χ1n) is 8.00. The Morgan fingerprint density at radius 1 is 1.31 bits per heavy atom. The Morgan fingerprint density at radius 2 is 2.15 bits per heavy atom. The number of hydrogen-bond donors (Lipinski definition) is 1. The molecular weight excluding hydrogens is 388 g/mol. The quantitative estimate of drug-likeness (QED) is 0.563. The lowest BCUT2D eigenvalue weighted by molar-refractivity contribution is 0.226. The maximum atomic E-state index is 5.83. The van der Waals surface area contributed by atoms with Crippen LogP contribution < -0.4 is 14.8 Å². The first-order chi connectivity index (χ1) is 12.6. The molecule has 0 bridgehead atoms. The topological polar surface area (TPSA) is 69.2 Å². The molecular formula is C17H18N4O2S3. The van der Waals surface area contributed by atoms with Crippen molar-refractivity contribution in [2.24, 2.45) is 0 Å². The SMILES string of the molecule is CC(C)Oc1cc(C(=S)Nc2nncs2)cc(OCCc2ccsc2)n1. The Labute approximate surface area is 165 Å². The Bertz CT molecular complexity index is 836. The van der Waals surface area contributed by atoms with Crippen LogP contribution in [0, 0.1) is 0 Å². The van der Waals surface area contributed by atoms with Gasteiger partial charge in [-0.15, -0.1) is 10.2 Å². The maximum Gasteiger partial charge on any atom is 0.217 e. The zero-order chi connectivity index (χ0) is 18.4. The molecule has 0 fully saturated rings. The van der Waals surface area contributed by atoms with Gasteiger partial charge in [-0.1, -0.05) is 23.6 Å². The number of aromatic nitrogens is 3. The van der Waals surface area contributed by atoms with Crippen molar-refractivity contribution in [1.82, 2.24) is 15.2 Å². The van der Waals surface area contributed by atoms with E-state index in [4.69, 9.17) is 21.7 Å². The van der Waals surface area contributed by atoms with E-state index in [1.54, 1.807) is 29.0 Å². The number of ether oxygens (including phenoxy) is 2. The predicted octanol–water partition coefficient (Wildman–Crippen LogP) is 4.19. The molecule has 1 N–H and O–H groups in total. The third kappa shape index (κ3) is 5.45. The molecule has 3 rings (SSSR count). The Kier molecular flexibility index (Phi) is 6.48. The van der Waals surface area contributed by atoms with Crippen LogP contribution in [0.4, 0.5) is 5.13 Å². The van der Waals surface area contributed by atoms with E-state index < -0.39 is 0 Å². The molecule has 0 aliphatic heterocycles. The largest absolute Gasteiger partial charge is 0.477 e. The lowest BCUT2D eigenvalue weighted by Crippen LogP contribution is -2.13. The van der Waals surface area contributed by atoms with Gasteiger partial charge in [0.15, 0.2) is 0 Å². The molecule has 3 aromatic heterocycles. The molecule has 0 unspecified atom stereocenters. The summed E-state index contributed by atoms with van der Waals surface area (Å²) in [5.41, 5.74) is 3.65. The monoisotopic (exact) mass is 406 g/mol. The molecule has 136 valence electrons. The van der Waals surface area contributed by atoms with E-state index in [1.165, 1.54) is 16.9 Å². The highest BCUT2D eigenvalue weighted by Gasteiger charge is 2.11. The number of nitrogens with one attached hydrogen (secondary N) is 1. The summed E-state index contributed by atoms with van der Waals surface area (Å²) in [5.74, 6) is 0.958. The summed E-state index contributed by atoms with van der Waals surface area (Å²) >= 11 is 8.53. The summed E-state index contributed by atoms with van der Waals surface area (Å²) in [6, 6.07) is 5.69. The number of nitrogens with zero attached hydrogens (tertiary/aromatic N) is 3. The molecule has 0 amide bonds. The van der Waals surface area contributed by atoms with Crippen LogP contribution in [0.3, 0.4) is 0 Å². The predicted molar refractivity (Wildman–Crippen MR) is 109 cm³/mol. The van der Waals surface area contributed by atoms with Crippen LogP contribution in [-0.4, -0.2) is 32.9 Å². The van der Waals surface area contributed by atoms with Gasteiger partial charge >= 0.3 is 0 Å². The summed E-state index contributed by atoms with van der Waals surface area (Å²) < 4.78 is 11.6. The molecule has 0 spiro atoms. The lowest BCUT2D eigenvalue weighted by Gasteiger charge is -2.13. The molecule has 0 radical (unpaired) electrons. The van der Waals surface area contributed by atoms with E-state index in [-0.39, 0.29) is 6.10 Å². The first-order valence-corrected chi connectivity index (χ1v) is 10.2. The maximum absolute atomic E-state index is 5.83. The van der Waals surface area contributed by atoms with Crippen molar-refractivity contribution in [1.29, 1.82) is 0 Å². The van der Waals surface area contributed by atoms with Gasteiger partial charge in [-0.25, -0.2) is 0 Å². The number of anilines is 1. The molecule has 26 heavy (non-hydrogen) atoms. The molecule has 0 aliphatic carbocycles. The third-order valence-corrected chi connectivity index (χ3v) is 4.87. The minimum Gasteiger partial charge on any atom is -0.477 e. The van der Waals surface area contributed by atoms with E-state index in [0.29, 0.717) is 28.5 Å². The van der Waals surface area contributed by atoms with Gasteiger partial charge in [0, 0.05) is 24.1 Å². The fourth-order valence-electron chi connectivity index (χ4n) is 2.09. The molecule has 0 atom stereocenters. The van der Waals surface area contributed by atoms with E-state index in [1.807, 2.05) is 13.8 Å². The Balaban J connectivity index is 1.73. The van der Waals surface area contributed by atoms with Crippen LogP contribution in [0.1, 0.15) is 25.0 Å². The van der Waals surface area contributed by atoms with Gasteiger partial charge in [0.1, 0.15) is 10.5 Å². The van der Waals surface area contributed by atoms with Crippen molar-refractivity contribution in [3.63, 3.8) is 0 Å². The Morgan fingerprint density at radius 3 is 2.85 bits per heavy atom. The lowest BCUT2D eigenvalue weighted by atomic mass is 10.2. The van der Waals surface area contributed by atoms with Gasteiger partial charge in [-0.2, -0.15) is 16.3 Å². The van der Waals surface area contributed by atoms with E-state index in [2.05, 4.69) is 37.3 Å². The first kappa shape index (κ1) is 18.7. The van der Waals surface area contributed by atoms with Crippen molar-refractivity contribution < 1.29 is 9.47 Å². The standard InChI is InChI=1S/C17H18N4O2S3/c1-11(2)23-15-8-13(16(24)20-17-21-18-10-26-17)7-14(19-15)22-5-3-12-4-6-25-9-12/h4,6-11H,3,5H2,1-2H3,(H,20,21,24). The molecule has 3 aromatic rings. The average Bonchev–Trinajstić information content (AvgIpc) is 3.28. The minimum absolute atomic E-state index is 0.00102. The number of rotatable bonds is 8. The van der Waals surface area contributed by atoms with Gasteiger partial charge in [0.05, 0.1) is 12.7 Å². The van der Waals surface area contributed by atoms with E-state index in [0.717, 1.165) is 12.0 Å². The summed E-state index contributed by atoms with van der Waals surface area (Å²) in [4.78, 5) is 4.93. The van der Waals surface area contributed by atoms with Gasteiger partial charge in [-0.05, 0) is 36.2 Å². The highest BCUT2D eigenvalue weighted by Crippen LogP contribution is 2.21. The zero-order valence-electron chi connectivity index (χ0n) is 14.3. The molecule has 6 nitrogen and oxygen atoms in total.